The number of carbonyl (C=O) groups is 2. The maximum atomic E-state index is 12.8. The Balaban J connectivity index is 1.16. The summed E-state index contributed by atoms with van der Waals surface area (Å²) in [6.45, 7) is 5.31. The summed E-state index contributed by atoms with van der Waals surface area (Å²) in [4.78, 5) is 29.9. The predicted molar refractivity (Wildman–Crippen MR) is 151 cm³/mol. The van der Waals surface area contributed by atoms with Crippen molar-refractivity contribution in [1.82, 2.24) is 15.5 Å². The maximum absolute atomic E-state index is 12.8. The zero-order valence-corrected chi connectivity index (χ0v) is 23.3. The number of likely N-dealkylation sites (N-methyl/N-ethyl adjacent to an activating group) is 1. The van der Waals surface area contributed by atoms with E-state index in [9.17, 15) is 9.59 Å². The Labute approximate surface area is 233 Å². The van der Waals surface area contributed by atoms with Crippen LogP contribution in [-0.2, 0) is 0 Å². The number of fused-ring (bicyclic) bond motifs is 1. The molecule has 0 spiro atoms. The van der Waals surface area contributed by atoms with Crippen molar-refractivity contribution < 1.29 is 19.1 Å². The number of nitrogens with two attached hydrogens (primary N) is 1. The predicted octanol–water partition coefficient (Wildman–Crippen LogP) is 3.67. The lowest BCUT2D eigenvalue weighted by Crippen LogP contribution is -2.32. The van der Waals surface area contributed by atoms with Crippen molar-refractivity contribution in [2.45, 2.75) is 19.3 Å². The summed E-state index contributed by atoms with van der Waals surface area (Å²) in [5, 5.41) is 6.84. The number of ether oxygens (including phenoxy) is 2. The zero-order chi connectivity index (χ0) is 27.2. The smallest absolute Gasteiger partial charge is 0.255 e. The number of likely N-dealkylation sites (tertiary alicyclic amines) is 1. The van der Waals surface area contributed by atoms with Crippen molar-refractivity contribution in [3.8, 4) is 11.5 Å². The van der Waals surface area contributed by atoms with Gasteiger partial charge in [-0.1, -0.05) is 23.2 Å². The molecule has 0 aliphatic carbocycles. The van der Waals surface area contributed by atoms with Gasteiger partial charge in [-0.2, -0.15) is 0 Å². The van der Waals surface area contributed by atoms with E-state index >= 15 is 0 Å². The van der Waals surface area contributed by atoms with Gasteiger partial charge in [0, 0.05) is 37.8 Å². The fourth-order valence-electron chi connectivity index (χ4n) is 4.88. The number of nitrogens with zero attached hydrogens (tertiary/aromatic N) is 2. The Morgan fingerprint density at radius 1 is 1.11 bits per heavy atom. The normalized spacial score (nSPS) is 17.1. The van der Waals surface area contributed by atoms with Crippen LogP contribution in [0.2, 0.25) is 10.0 Å². The molecule has 1 saturated heterocycles. The van der Waals surface area contributed by atoms with Crippen LogP contribution in [0.15, 0.2) is 24.3 Å². The van der Waals surface area contributed by atoms with Crippen LogP contribution >= 0.6 is 23.2 Å². The van der Waals surface area contributed by atoms with Crippen molar-refractivity contribution >= 4 is 46.4 Å². The highest BCUT2D eigenvalue weighted by Crippen LogP contribution is 2.37. The molecule has 0 bridgehead atoms. The second-order valence-electron chi connectivity index (χ2n) is 9.77. The molecule has 0 saturated carbocycles. The number of amides is 2. The van der Waals surface area contributed by atoms with E-state index in [0.29, 0.717) is 64.0 Å². The van der Waals surface area contributed by atoms with Gasteiger partial charge in [-0.15, -0.1) is 0 Å². The van der Waals surface area contributed by atoms with Crippen LogP contribution in [0, 0.1) is 5.92 Å². The van der Waals surface area contributed by atoms with E-state index in [1.807, 2.05) is 18.0 Å². The second kappa shape index (κ2) is 12.8. The number of halogens is 2. The number of nitrogen functional groups attached to an aromatic ring is 1. The molecule has 2 heterocycles. The van der Waals surface area contributed by atoms with Crippen LogP contribution in [-0.4, -0.2) is 76.7 Å². The average molecular weight is 565 g/mol. The Morgan fingerprint density at radius 3 is 2.68 bits per heavy atom. The molecule has 2 amide bonds. The first kappa shape index (κ1) is 28.1. The summed E-state index contributed by atoms with van der Waals surface area (Å²) in [7, 11) is 3.46. The molecule has 2 aliphatic heterocycles. The van der Waals surface area contributed by atoms with Crippen LogP contribution in [0.5, 0.6) is 11.5 Å². The lowest BCUT2D eigenvalue weighted by molar-refractivity contribution is 0.0937. The number of rotatable bonds is 10. The summed E-state index contributed by atoms with van der Waals surface area (Å²) in [5.74, 6) is 0.973. The molecule has 1 fully saturated rings. The largest absolute Gasteiger partial charge is 0.496 e. The Bertz CT molecular complexity index is 1180. The van der Waals surface area contributed by atoms with Gasteiger partial charge in [0.1, 0.15) is 12.4 Å². The topological polar surface area (TPSA) is 109 Å². The highest BCUT2D eigenvalue weighted by atomic mass is 35.5. The summed E-state index contributed by atoms with van der Waals surface area (Å²) in [6.07, 6.45) is 2.85. The number of benzene rings is 2. The highest BCUT2D eigenvalue weighted by Gasteiger charge is 2.25. The number of hydrogen-bond donors (Lipinski definition) is 3. The summed E-state index contributed by atoms with van der Waals surface area (Å²) in [6, 6.07) is 6.59. The van der Waals surface area contributed by atoms with Gasteiger partial charge in [0.05, 0.1) is 41.2 Å². The third-order valence-electron chi connectivity index (χ3n) is 7.03. The maximum Gasteiger partial charge on any atom is 0.255 e. The molecule has 2 aromatic carbocycles. The molecular weight excluding hydrogens is 529 g/mol. The number of anilines is 2. The number of methoxy groups -OCH3 is 1. The van der Waals surface area contributed by atoms with Crippen molar-refractivity contribution in [3.63, 3.8) is 0 Å². The molecule has 1 atom stereocenters. The minimum Gasteiger partial charge on any atom is -0.496 e. The van der Waals surface area contributed by atoms with Crippen molar-refractivity contribution in [2.75, 3.05) is 70.7 Å². The molecule has 0 aromatic heterocycles. The Kier molecular flexibility index (Phi) is 9.46. The van der Waals surface area contributed by atoms with E-state index in [-0.39, 0.29) is 11.8 Å². The minimum atomic E-state index is -0.226. The van der Waals surface area contributed by atoms with Crippen LogP contribution in [0.3, 0.4) is 0 Å². The van der Waals surface area contributed by atoms with Gasteiger partial charge in [-0.25, -0.2) is 0 Å². The van der Waals surface area contributed by atoms with Gasteiger partial charge < -0.3 is 35.6 Å². The molecule has 4 rings (SSSR count). The van der Waals surface area contributed by atoms with Gasteiger partial charge in [0.2, 0.25) is 0 Å². The molecule has 0 radical (unpaired) electrons. The van der Waals surface area contributed by atoms with E-state index < -0.39 is 0 Å². The first-order valence-corrected chi connectivity index (χ1v) is 13.6. The number of unbranched alkanes of at least 4 members (excludes halogenated alkanes) is 1. The molecular formula is C27H35Cl2N5O4. The minimum absolute atomic E-state index is 0.171. The molecule has 4 N–H and O–H groups in total. The number of nitrogens with one attached hydrogen (secondary N) is 2. The number of carbonyl (C=O) groups excluding carboxylic acids is 2. The van der Waals surface area contributed by atoms with Gasteiger partial charge in [-0.05, 0) is 56.5 Å². The van der Waals surface area contributed by atoms with Crippen molar-refractivity contribution in [1.29, 1.82) is 0 Å². The first-order valence-electron chi connectivity index (χ1n) is 12.9. The van der Waals surface area contributed by atoms with E-state index in [2.05, 4.69) is 15.5 Å². The molecule has 206 valence electrons. The Hall–Kier alpha value is -2.88. The fourth-order valence-corrected chi connectivity index (χ4v) is 5.25. The van der Waals surface area contributed by atoms with Crippen LogP contribution in [0.4, 0.5) is 11.4 Å². The monoisotopic (exact) mass is 563 g/mol. The quantitative estimate of drug-likeness (QED) is 0.299. The van der Waals surface area contributed by atoms with Gasteiger partial charge >= 0.3 is 0 Å². The summed E-state index contributed by atoms with van der Waals surface area (Å²) >= 11 is 12.3. The summed E-state index contributed by atoms with van der Waals surface area (Å²) in [5.41, 5.74) is 7.87. The van der Waals surface area contributed by atoms with E-state index in [4.69, 9.17) is 38.4 Å². The van der Waals surface area contributed by atoms with Crippen LogP contribution in [0.1, 0.15) is 40.0 Å². The van der Waals surface area contributed by atoms with Crippen LogP contribution < -0.4 is 30.7 Å². The van der Waals surface area contributed by atoms with Gasteiger partial charge in [0.15, 0.2) is 5.75 Å². The third kappa shape index (κ3) is 6.76. The summed E-state index contributed by atoms with van der Waals surface area (Å²) < 4.78 is 11.1. The number of hydrogen-bond acceptors (Lipinski definition) is 7. The van der Waals surface area contributed by atoms with Crippen molar-refractivity contribution in [2.24, 2.45) is 5.92 Å². The SMILES string of the molecule is COc1cc(N)c(Cl)cc1C(=O)NCC1CCN(CCCCNC(=O)c2cc(Cl)cc3c2OCCN3C)C1. The van der Waals surface area contributed by atoms with Gasteiger partial charge in [-0.3, -0.25) is 9.59 Å². The van der Waals surface area contributed by atoms with E-state index in [1.165, 1.54) is 13.2 Å². The highest BCUT2D eigenvalue weighted by molar-refractivity contribution is 6.33. The van der Waals surface area contributed by atoms with E-state index in [0.717, 1.165) is 51.1 Å². The molecule has 11 heteroatoms. The van der Waals surface area contributed by atoms with E-state index in [1.54, 1.807) is 12.1 Å². The van der Waals surface area contributed by atoms with Gasteiger partial charge in [0.25, 0.3) is 11.8 Å². The standard InChI is InChI=1S/C27H35Cl2N5O4/c1-33-9-10-38-25-20(11-18(28)12-23(25)33)27(36)31-6-3-4-7-34-8-5-17(16-34)15-32-26(35)19-13-21(29)22(30)14-24(19)37-2/h11-14,17H,3-10,15-16,30H2,1-2H3,(H,31,36)(H,32,35). The fraction of sp³-hybridized carbons (Fsp3) is 0.481. The zero-order valence-electron chi connectivity index (χ0n) is 21.8. The van der Waals surface area contributed by atoms with Crippen LogP contribution in [0.25, 0.3) is 0 Å². The molecule has 2 aliphatic rings. The molecule has 1 unspecified atom stereocenters. The second-order valence-corrected chi connectivity index (χ2v) is 10.6. The first-order chi connectivity index (χ1) is 18.3. The molecule has 9 nitrogen and oxygen atoms in total. The molecule has 38 heavy (non-hydrogen) atoms. The lowest BCUT2D eigenvalue weighted by Gasteiger charge is -2.29. The Morgan fingerprint density at radius 2 is 1.89 bits per heavy atom. The average Bonchev–Trinajstić information content (AvgIpc) is 3.36. The molecule has 2 aromatic rings. The lowest BCUT2D eigenvalue weighted by atomic mass is 10.1. The van der Waals surface area contributed by atoms with Crippen molar-refractivity contribution in [3.05, 3.63) is 45.4 Å². The third-order valence-corrected chi connectivity index (χ3v) is 7.58.